The first-order chi connectivity index (χ1) is 15.8. The Bertz CT molecular complexity index is 1420. The van der Waals surface area contributed by atoms with Crippen molar-refractivity contribution in [2.45, 2.75) is 13.5 Å². The Labute approximate surface area is 189 Å². The predicted molar refractivity (Wildman–Crippen MR) is 123 cm³/mol. The summed E-state index contributed by atoms with van der Waals surface area (Å²) < 4.78 is 1.78. The van der Waals surface area contributed by atoms with Crippen molar-refractivity contribution in [3.05, 3.63) is 95.2 Å². The van der Waals surface area contributed by atoms with E-state index in [1.807, 2.05) is 54.6 Å². The van der Waals surface area contributed by atoms with Crippen LogP contribution >= 0.6 is 0 Å². The van der Waals surface area contributed by atoms with Crippen molar-refractivity contribution in [3.63, 3.8) is 0 Å². The lowest BCUT2D eigenvalue weighted by molar-refractivity contribution is -0.131. The van der Waals surface area contributed by atoms with Crippen LogP contribution in [0.2, 0.25) is 0 Å². The molecule has 1 amide bonds. The Hall–Kier alpha value is -4.52. The molecule has 0 unspecified atom stereocenters. The first-order valence-corrected chi connectivity index (χ1v) is 10.2. The van der Waals surface area contributed by atoms with Crippen LogP contribution in [-0.4, -0.2) is 33.1 Å². The number of carboxylic acid groups (broad SMARTS) is 1. The Morgan fingerprint density at radius 1 is 0.818 bits per heavy atom. The fourth-order valence-corrected chi connectivity index (χ4v) is 4.05. The number of Topliss-reactive ketones (excluding diaryl/α,β-unsaturated/α-hetero) is 2. The number of aromatic nitrogens is 1. The minimum absolute atomic E-state index is 0.0522. The molecule has 0 fully saturated rings. The third kappa shape index (κ3) is 3.92. The van der Waals surface area contributed by atoms with Crippen molar-refractivity contribution in [3.8, 4) is 11.1 Å². The van der Waals surface area contributed by atoms with Gasteiger partial charge in [-0.25, -0.2) is 4.79 Å². The standard InChI is InChI=1S/C26H20N2O5/c1-15-21(24(30)25(27)31)22-19(23(29)26(32)33)8-5-9-20(22)28(15)14-16-10-12-18(13-11-16)17-6-3-2-4-7-17/h2-13H,14H2,1H3,(H2,27,31)(H,32,33). The second-order valence-corrected chi connectivity index (χ2v) is 7.64. The van der Waals surface area contributed by atoms with Gasteiger partial charge >= 0.3 is 5.97 Å². The smallest absolute Gasteiger partial charge is 0.377 e. The van der Waals surface area contributed by atoms with Gasteiger partial charge in [-0.15, -0.1) is 0 Å². The first-order valence-electron chi connectivity index (χ1n) is 10.2. The SMILES string of the molecule is Cc1c(C(=O)C(N)=O)c2c(C(=O)C(=O)O)cccc2n1Cc1ccc(-c2ccccc2)cc1. The summed E-state index contributed by atoms with van der Waals surface area (Å²) in [6.07, 6.45) is 0. The Morgan fingerprint density at radius 2 is 1.45 bits per heavy atom. The highest BCUT2D eigenvalue weighted by Crippen LogP contribution is 2.31. The summed E-state index contributed by atoms with van der Waals surface area (Å²) in [6, 6.07) is 22.3. The van der Waals surface area contributed by atoms with Gasteiger partial charge in [-0.1, -0.05) is 60.7 Å². The zero-order valence-electron chi connectivity index (χ0n) is 17.7. The van der Waals surface area contributed by atoms with E-state index >= 15 is 0 Å². The van der Waals surface area contributed by atoms with E-state index in [0.29, 0.717) is 17.8 Å². The van der Waals surface area contributed by atoms with Gasteiger partial charge < -0.3 is 15.4 Å². The number of fused-ring (bicyclic) bond motifs is 1. The number of benzene rings is 3. The number of primary amides is 1. The molecule has 7 heteroatoms. The molecule has 0 radical (unpaired) electrons. The van der Waals surface area contributed by atoms with Gasteiger partial charge in [-0.3, -0.25) is 14.4 Å². The molecular formula is C26H20N2O5. The number of ketones is 2. The normalized spacial score (nSPS) is 10.8. The summed E-state index contributed by atoms with van der Waals surface area (Å²) in [5.74, 6) is -4.96. The molecule has 0 bridgehead atoms. The van der Waals surface area contributed by atoms with Crippen molar-refractivity contribution < 1.29 is 24.3 Å². The van der Waals surface area contributed by atoms with E-state index in [2.05, 4.69) is 0 Å². The number of amides is 1. The van der Waals surface area contributed by atoms with E-state index in [4.69, 9.17) is 5.73 Å². The number of nitrogens with two attached hydrogens (primary N) is 1. The number of hydrogen-bond acceptors (Lipinski definition) is 4. The highest BCUT2D eigenvalue weighted by atomic mass is 16.4. The summed E-state index contributed by atoms with van der Waals surface area (Å²) in [4.78, 5) is 48.0. The number of carboxylic acids is 1. The monoisotopic (exact) mass is 440 g/mol. The molecule has 7 nitrogen and oxygen atoms in total. The summed E-state index contributed by atoms with van der Waals surface area (Å²) in [6.45, 7) is 1.98. The molecular weight excluding hydrogens is 420 g/mol. The molecule has 33 heavy (non-hydrogen) atoms. The van der Waals surface area contributed by atoms with Gasteiger partial charge in [-0.2, -0.15) is 0 Å². The van der Waals surface area contributed by atoms with Crippen LogP contribution in [0.5, 0.6) is 0 Å². The Balaban J connectivity index is 1.84. The summed E-state index contributed by atoms with van der Waals surface area (Å²) in [5, 5.41) is 9.35. The van der Waals surface area contributed by atoms with Crippen molar-refractivity contribution in [2.75, 3.05) is 0 Å². The molecule has 0 aliphatic carbocycles. The number of rotatable bonds is 7. The maximum absolute atomic E-state index is 12.6. The van der Waals surface area contributed by atoms with E-state index < -0.39 is 23.4 Å². The average Bonchev–Trinajstić information content (AvgIpc) is 3.10. The topological polar surface area (TPSA) is 119 Å². The molecule has 4 aromatic rings. The highest BCUT2D eigenvalue weighted by Gasteiger charge is 2.28. The predicted octanol–water partition coefficient (Wildman–Crippen LogP) is 3.60. The van der Waals surface area contributed by atoms with Gasteiger partial charge in [-0.05, 0) is 35.7 Å². The van der Waals surface area contributed by atoms with Crippen LogP contribution in [0, 0.1) is 6.92 Å². The molecule has 0 saturated carbocycles. The van der Waals surface area contributed by atoms with Crippen LogP contribution in [0.15, 0.2) is 72.8 Å². The quantitative estimate of drug-likeness (QED) is 0.336. The van der Waals surface area contributed by atoms with Gasteiger partial charge in [0.2, 0.25) is 0 Å². The van der Waals surface area contributed by atoms with Gasteiger partial charge in [0.15, 0.2) is 0 Å². The molecule has 3 N–H and O–H groups in total. The molecule has 0 atom stereocenters. The van der Waals surface area contributed by atoms with E-state index in [9.17, 15) is 24.3 Å². The summed E-state index contributed by atoms with van der Waals surface area (Å²) >= 11 is 0. The molecule has 0 spiro atoms. The number of carbonyl (C=O) groups is 4. The first kappa shape index (κ1) is 21.7. The van der Waals surface area contributed by atoms with Gasteiger partial charge in [0.1, 0.15) is 0 Å². The van der Waals surface area contributed by atoms with Crippen molar-refractivity contribution >= 4 is 34.3 Å². The lowest BCUT2D eigenvalue weighted by Crippen LogP contribution is -2.24. The summed E-state index contributed by atoms with van der Waals surface area (Å²) in [7, 11) is 0. The second kappa shape index (κ2) is 8.55. The Morgan fingerprint density at radius 3 is 2.06 bits per heavy atom. The average molecular weight is 440 g/mol. The molecule has 4 rings (SSSR count). The molecule has 3 aromatic carbocycles. The molecule has 1 aromatic heterocycles. The third-order valence-corrected chi connectivity index (χ3v) is 5.64. The Kier molecular flexibility index (Phi) is 5.62. The van der Waals surface area contributed by atoms with Crippen molar-refractivity contribution in [1.82, 2.24) is 4.57 Å². The number of carbonyl (C=O) groups excluding carboxylic acids is 3. The fourth-order valence-electron chi connectivity index (χ4n) is 4.05. The minimum atomic E-state index is -1.65. The van der Waals surface area contributed by atoms with Gasteiger partial charge in [0, 0.05) is 23.2 Å². The van der Waals surface area contributed by atoms with E-state index in [-0.39, 0.29) is 16.5 Å². The zero-order valence-corrected chi connectivity index (χ0v) is 17.7. The highest BCUT2D eigenvalue weighted by molar-refractivity contribution is 6.47. The van der Waals surface area contributed by atoms with Gasteiger partial charge in [0.05, 0.1) is 11.1 Å². The molecule has 0 saturated heterocycles. The number of nitrogens with zero attached hydrogens (tertiary/aromatic N) is 1. The fraction of sp³-hybridized carbons (Fsp3) is 0.0769. The van der Waals surface area contributed by atoms with Crippen LogP contribution in [0.25, 0.3) is 22.0 Å². The lowest BCUT2D eigenvalue weighted by atomic mass is 9.99. The van der Waals surface area contributed by atoms with E-state index in [0.717, 1.165) is 16.7 Å². The van der Waals surface area contributed by atoms with Crippen molar-refractivity contribution in [1.29, 1.82) is 0 Å². The van der Waals surface area contributed by atoms with E-state index in [1.165, 1.54) is 6.07 Å². The van der Waals surface area contributed by atoms with Crippen LogP contribution in [0.3, 0.4) is 0 Å². The van der Waals surface area contributed by atoms with Crippen LogP contribution in [-0.2, 0) is 16.1 Å². The lowest BCUT2D eigenvalue weighted by Gasteiger charge is -2.10. The van der Waals surface area contributed by atoms with E-state index in [1.54, 1.807) is 23.6 Å². The summed E-state index contributed by atoms with van der Waals surface area (Å²) in [5.41, 5.74) is 8.98. The van der Waals surface area contributed by atoms with Crippen molar-refractivity contribution in [2.24, 2.45) is 5.73 Å². The number of aliphatic carboxylic acids is 1. The third-order valence-electron chi connectivity index (χ3n) is 5.64. The largest absolute Gasteiger partial charge is 0.475 e. The maximum Gasteiger partial charge on any atom is 0.377 e. The molecule has 1 heterocycles. The van der Waals surface area contributed by atoms with Crippen LogP contribution in [0.1, 0.15) is 32.0 Å². The second-order valence-electron chi connectivity index (χ2n) is 7.64. The minimum Gasteiger partial charge on any atom is -0.475 e. The van der Waals surface area contributed by atoms with Crippen LogP contribution in [0.4, 0.5) is 0 Å². The molecule has 0 aliphatic heterocycles. The zero-order chi connectivity index (χ0) is 23.7. The van der Waals surface area contributed by atoms with Gasteiger partial charge in [0.25, 0.3) is 17.5 Å². The molecule has 0 aliphatic rings. The maximum atomic E-state index is 12.6. The van der Waals surface area contributed by atoms with Crippen LogP contribution < -0.4 is 5.73 Å². The molecule has 164 valence electrons. The number of hydrogen-bond donors (Lipinski definition) is 2.